The highest BCUT2D eigenvalue weighted by Crippen LogP contribution is 2.51. The van der Waals surface area contributed by atoms with Crippen molar-refractivity contribution in [3.05, 3.63) is 120 Å². The number of phenolic OH excluding ortho intramolecular Hbond substituents is 1. The summed E-state index contributed by atoms with van der Waals surface area (Å²) in [4.78, 5) is 0. The van der Waals surface area contributed by atoms with Gasteiger partial charge in [-0.15, -0.1) is 0 Å². The van der Waals surface area contributed by atoms with Crippen molar-refractivity contribution in [3.63, 3.8) is 0 Å². The van der Waals surface area contributed by atoms with Crippen molar-refractivity contribution in [2.45, 2.75) is 36.7 Å². The van der Waals surface area contributed by atoms with E-state index in [2.05, 4.69) is 0 Å². The van der Waals surface area contributed by atoms with Gasteiger partial charge in [0.15, 0.2) is 0 Å². The molecule has 0 saturated carbocycles. The smallest absolute Gasteiger partial charge is 0.407 e. The van der Waals surface area contributed by atoms with Crippen molar-refractivity contribution in [3.8, 4) is 17.2 Å². The molecule has 11 heteroatoms. The molecule has 6 rings (SSSR count). The Labute approximate surface area is 259 Å². The Bertz CT molecular complexity index is 1780. The third-order valence-corrected chi connectivity index (χ3v) is 10.1. The molecule has 2 bridgehead atoms. The molecule has 4 aromatic rings. The van der Waals surface area contributed by atoms with Crippen molar-refractivity contribution in [1.29, 1.82) is 0 Å². The Kier molecular flexibility index (Phi) is 8.23. The van der Waals surface area contributed by atoms with Crippen molar-refractivity contribution < 1.29 is 40.9 Å². The van der Waals surface area contributed by atoms with Crippen LogP contribution in [0.5, 0.6) is 17.2 Å². The van der Waals surface area contributed by atoms with Gasteiger partial charge in [0.1, 0.15) is 41.8 Å². The van der Waals surface area contributed by atoms with E-state index in [4.69, 9.17) is 14.2 Å². The molecule has 7 nitrogen and oxygen atoms in total. The molecular formula is C34H30F3NO6S. The lowest BCUT2D eigenvalue weighted by Gasteiger charge is -2.32. The van der Waals surface area contributed by atoms with Crippen LogP contribution in [0.1, 0.15) is 23.1 Å². The predicted octanol–water partition coefficient (Wildman–Crippen LogP) is 6.83. The monoisotopic (exact) mass is 637 g/mol. The summed E-state index contributed by atoms with van der Waals surface area (Å²) in [5, 5.41) is 8.60. The van der Waals surface area contributed by atoms with Gasteiger partial charge in [0.2, 0.25) is 10.0 Å². The molecule has 0 unspecified atom stereocenters. The number of sulfonamides is 1. The first-order valence-corrected chi connectivity index (χ1v) is 15.7. The van der Waals surface area contributed by atoms with E-state index in [0.717, 1.165) is 16.7 Å². The number of phenols is 1. The van der Waals surface area contributed by atoms with E-state index < -0.39 is 40.2 Å². The number of nitrogens with zero attached hydrogens (tertiary/aromatic N) is 1. The molecule has 1 fully saturated rings. The molecule has 2 aliphatic heterocycles. The fourth-order valence-corrected chi connectivity index (χ4v) is 7.88. The van der Waals surface area contributed by atoms with E-state index in [9.17, 15) is 26.7 Å². The van der Waals surface area contributed by atoms with Crippen LogP contribution in [0.3, 0.4) is 0 Å². The number of hydrogen-bond acceptors (Lipinski definition) is 6. The second-order valence-electron chi connectivity index (χ2n) is 10.9. The summed E-state index contributed by atoms with van der Waals surface area (Å²) < 4.78 is 87.4. The zero-order valence-corrected chi connectivity index (χ0v) is 25.0. The molecule has 0 spiro atoms. The second-order valence-corrected chi connectivity index (χ2v) is 12.9. The molecular weight excluding hydrogens is 607 g/mol. The van der Waals surface area contributed by atoms with Crippen LogP contribution >= 0.6 is 0 Å². The second kappa shape index (κ2) is 12.1. The van der Waals surface area contributed by atoms with Crippen LogP contribution in [0.15, 0.2) is 103 Å². The molecule has 4 aromatic carbocycles. The minimum Gasteiger partial charge on any atom is -0.508 e. The van der Waals surface area contributed by atoms with Crippen LogP contribution in [0.2, 0.25) is 0 Å². The number of fused-ring (bicyclic) bond motifs is 2. The molecule has 234 valence electrons. The first-order valence-electron chi connectivity index (χ1n) is 14.2. The van der Waals surface area contributed by atoms with Gasteiger partial charge in [-0.2, -0.15) is 13.2 Å². The summed E-state index contributed by atoms with van der Waals surface area (Å²) in [5.74, 6) is 1.04. The number of benzene rings is 4. The summed E-state index contributed by atoms with van der Waals surface area (Å²) in [6.45, 7) is -1.33. The minimum absolute atomic E-state index is 0.0323. The minimum atomic E-state index is -4.79. The van der Waals surface area contributed by atoms with E-state index in [1.807, 2.05) is 30.3 Å². The Balaban J connectivity index is 1.37. The van der Waals surface area contributed by atoms with Gasteiger partial charge in [0, 0.05) is 0 Å². The zero-order chi connectivity index (χ0) is 31.8. The number of rotatable bonds is 10. The van der Waals surface area contributed by atoms with Crippen molar-refractivity contribution in [2.75, 3.05) is 18.0 Å². The van der Waals surface area contributed by atoms with Crippen LogP contribution in [0, 0.1) is 0 Å². The maximum absolute atomic E-state index is 14.1. The number of anilines is 1. The summed E-state index contributed by atoms with van der Waals surface area (Å²) in [7, 11) is -3.18. The molecule has 45 heavy (non-hydrogen) atoms. The third kappa shape index (κ3) is 6.36. The van der Waals surface area contributed by atoms with Gasteiger partial charge in [0.05, 0.1) is 18.9 Å². The van der Waals surface area contributed by atoms with E-state index in [1.165, 1.54) is 43.5 Å². The summed E-state index contributed by atoms with van der Waals surface area (Å²) in [6.07, 6.45) is -6.55. The first-order chi connectivity index (χ1) is 21.5. The van der Waals surface area contributed by atoms with E-state index in [-0.39, 0.29) is 17.9 Å². The molecule has 2 aliphatic rings. The van der Waals surface area contributed by atoms with E-state index >= 15 is 0 Å². The average Bonchev–Trinajstić information content (AvgIpc) is 3.64. The number of methoxy groups -OCH3 is 1. The highest BCUT2D eigenvalue weighted by Gasteiger charge is 2.55. The first kappa shape index (κ1) is 30.5. The Morgan fingerprint density at radius 1 is 0.844 bits per heavy atom. The zero-order valence-electron chi connectivity index (χ0n) is 24.1. The summed E-state index contributed by atoms with van der Waals surface area (Å²) in [6, 6.07) is 28.7. The number of hydrogen-bond donors (Lipinski definition) is 1. The van der Waals surface area contributed by atoms with Crippen LogP contribution < -0.4 is 13.8 Å². The quantitative estimate of drug-likeness (QED) is 0.205. The van der Waals surface area contributed by atoms with Gasteiger partial charge in [-0.1, -0.05) is 54.6 Å². The molecule has 1 saturated heterocycles. The molecule has 3 atom stereocenters. The molecule has 2 heterocycles. The van der Waals surface area contributed by atoms with Gasteiger partial charge in [-0.25, -0.2) is 8.42 Å². The van der Waals surface area contributed by atoms with Gasteiger partial charge >= 0.3 is 6.18 Å². The normalized spacial score (nSPS) is 19.5. The van der Waals surface area contributed by atoms with Crippen LogP contribution in [0.4, 0.5) is 18.9 Å². The van der Waals surface area contributed by atoms with Gasteiger partial charge < -0.3 is 19.3 Å². The lowest BCUT2D eigenvalue weighted by Crippen LogP contribution is -2.47. The highest BCUT2D eigenvalue weighted by molar-refractivity contribution is 7.93. The van der Waals surface area contributed by atoms with E-state index in [1.54, 1.807) is 36.4 Å². The van der Waals surface area contributed by atoms with E-state index in [0.29, 0.717) is 33.5 Å². The fourth-order valence-electron chi connectivity index (χ4n) is 5.88. The van der Waals surface area contributed by atoms with Crippen molar-refractivity contribution in [2.24, 2.45) is 0 Å². The van der Waals surface area contributed by atoms with Crippen LogP contribution in [-0.2, 0) is 21.4 Å². The largest absolute Gasteiger partial charge is 0.508 e. The highest BCUT2D eigenvalue weighted by atomic mass is 32.2. The summed E-state index contributed by atoms with van der Waals surface area (Å²) >= 11 is 0. The average molecular weight is 638 g/mol. The lowest BCUT2D eigenvalue weighted by atomic mass is 9.83. The van der Waals surface area contributed by atoms with Crippen LogP contribution in [0.25, 0.3) is 11.1 Å². The fraction of sp³-hybridized carbons (Fsp3) is 0.235. The molecule has 0 amide bonds. The predicted molar refractivity (Wildman–Crippen MR) is 165 cm³/mol. The number of ether oxygens (including phenoxy) is 3. The van der Waals surface area contributed by atoms with Crippen LogP contribution in [-0.4, -0.2) is 50.8 Å². The number of aromatic hydroxyl groups is 1. The SMILES string of the molecule is COc1ccc(N(CC(F)(F)F)S(=O)(=O)[C@@H]2C[C@@H]3O[C@H]2C(c2ccc(OCc4ccccc4)cc2)=C3c2ccc(O)cc2)cc1. The standard InChI is InChI=1S/C34H30F3NO6S/c1-42-27-17-11-25(12-18-27)38(21-34(35,36)37)45(40,41)30-19-29-31(23-7-13-26(39)14-8-23)32(33(30)44-29)24-9-15-28(16-10-24)43-20-22-5-3-2-4-6-22/h2-18,29-30,33,39H,19-21H2,1H3/t29-,30+,33+/m0/s1. The Hall–Kier alpha value is -4.48. The van der Waals surface area contributed by atoms with Gasteiger partial charge in [0.25, 0.3) is 0 Å². The van der Waals surface area contributed by atoms with Crippen molar-refractivity contribution in [1.82, 2.24) is 0 Å². The van der Waals surface area contributed by atoms with Gasteiger partial charge in [-0.3, -0.25) is 4.31 Å². The number of halogens is 3. The maximum Gasteiger partial charge on any atom is 0.407 e. The van der Waals surface area contributed by atoms with Gasteiger partial charge in [-0.05, 0) is 82.8 Å². The Morgan fingerprint density at radius 3 is 2.07 bits per heavy atom. The molecule has 0 radical (unpaired) electrons. The molecule has 1 N–H and O–H groups in total. The number of alkyl halides is 3. The van der Waals surface area contributed by atoms with Crippen molar-refractivity contribution >= 4 is 26.9 Å². The topological polar surface area (TPSA) is 85.3 Å². The lowest BCUT2D eigenvalue weighted by molar-refractivity contribution is -0.117. The molecule has 0 aromatic heterocycles. The third-order valence-electron chi connectivity index (χ3n) is 7.96. The Morgan fingerprint density at radius 2 is 1.44 bits per heavy atom. The maximum atomic E-state index is 14.1. The summed E-state index contributed by atoms with van der Waals surface area (Å²) in [5.41, 5.74) is 3.55. The molecule has 0 aliphatic carbocycles.